The summed E-state index contributed by atoms with van der Waals surface area (Å²) in [6, 6.07) is 7.42. The van der Waals surface area contributed by atoms with Gasteiger partial charge >= 0.3 is 6.03 Å². The molecule has 0 aliphatic carbocycles. The van der Waals surface area contributed by atoms with Gasteiger partial charge in [-0.05, 0) is 18.1 Å². The number of aromatic nitrogens is 4. The number of urea groups is 1. The molecule has 2 amide bonds. The lowest BCUT2D eigenvalue weighted by Gasteiger charge is -2.35. The van der Waals surface area contributed by atoms with Crippen LogP contribution in [0, 0.1) is 0 Å². The molecule has 1 aromatic carbocycles. The molecule has 8 nitrogen and oxygen atoms in total. The number of piperazine rings is 1. The number of hydrogen-bond donors (Lipinski definition) is 1. The zero-order valence-electron chi connectivity index (χ0n) is 17.0. The summed E-state index contributed by atoms with van der Waals surface area (Å²) in [4.78, 5) is 25.3. The quantitative estimate of drug-likeness (QED) is 0.687. The van der Waals surface area contributed by atoms with E-state index in [0.717, 1.165) is 17.2 Å². The molecule has 1 aliphatic rings. The third-order valence-electron chi connectivity index (χ3n) is 5.12. The van der Waals surface area contributed by atoms with Crippen molar-refractivity contribution in [2.24, 2.45) is 0 Å². The lowest BCUT2D eigenvalue weighted by Crippen LogP contribution is -2.50. The van der Waals surface area contributed by atoms with Gasteiger partial charge in [0.05, 0.1) is 34.5 Å². The van der Waals surface area contributed by atoms with Crippen LogP contribution in [0.1, 0.15) is 25.5 Å². The van der Waals surface area contributed by atoms with E-state index in [0.29, 0.717) is 36.9 Å². The minimum absolute atomic E-state index is 0.130. The molecule has 1 N–H and O–H groups in total. The van der Waals surface area contributed by atoms with E-state index in [2.05, 4.69) is 39.1 Å². The number of halogens is 1. The summed E-state index contributed by atoms with van der Waals surface area (Å²) in [5.41, 5.74) is 2.40. The Kier molecular flexibility index (Phi) is 5.85. The first-order valence-electron chi connectivity index (χ1n) is 9.94. The number of anilines is 2. The minimum atomic E-state index is -0.130. The second-order valence-corrected chi connectivity index (χ2v) is 7.84. The maximum absolute atomic E-state index is 12.9. The maximum atomic E-state index is 12.9. The van der Waals surface area contributed by atoms with Gasteiger partial charge in [-0.3, -0.25) is 4.98 Å². The number of carbonyl (C=O) groups excluding carboxylic acids is 1. The molecule has 30 heavy (non-hydrogen) atoms. The van der Waals surface area contributed by atoms with Gasteiger partial charge in [-0.15, -0.1) is 0 Å². The highest BCUT2D eigenvalue weighted by molar-refractivity contribution is 6.32. The summed E-state index contributed by atoms with van der Waals surface area (Å²) in [5.74, 6) is 0.980. The molecule has 0 radical (unpaired) electrons. The number of nitrogens with zero attached hydrogens (tertiary/aromatic N) is 6. The smallest absolute Gasteiger partial charge is 0.322 e. The number of carbonyl (C=O) groups is 1. The molecule has 0 saturated carbocycles. The number of hydrogen-bond acceptors (Lipinski definition) is 5. The zero-order chi connectivity index (χ0) is 21.1. The zero-order valence-corrected chi connectivity index (χ0v) is 17.8. The molecule has 1 saturated heterocycles. The SMILES string of the molecule is CC(C)c1c(NC(=O)N2CCN(c3cnccn3)CC2)cnn1-c1ccccc1Cl. The lowest BCUT2D eigenvalue weighted by atomic mass is 10.1. The maximum Gasteiger partial charge on any atom is 0.322 e. The van der Waals surface area contributed by atoms with Crippen molar-refractivity contribution in [2.45, 2.75) is 19.8 Å². The third kappa shape index (κ3) is 4.09. The molecule has 3 heterocycles. The van der Waals surface area contributed by atoms with Crippen molar-refractivity contribution in [1.82, 2.24) is 24.6 Å². The van der Waals surface area contributed by atoms with Crippen LogP contribution in [-0.4, -0.2) is 56.9 Å². The van der Waals surface area contributed by atoms with Crippen LogP contribution < -0.4 is 10.2 Å². The van der Waals surface area contributed by atoms with Crippen LogP contribution in [0.3, 0.4) is 0 Å². The van der Waals surface area contributed by atoms with Crippen molar-refractivity contribution >= 4 is 29.1 Å². The molecule has 0 spiro atoms. The van der Waals surface area contributed by atoms with Crippen LogP contribution in [-0.2, 0) is 0 Å². The molecule has 1 fully saturated rings. The fourth-order valence-corrected chi connectivity index (χ4v) is 3.83. The van der Waals surface area contributed by atoms with E-state index in [-0.39, 0.29) is 11.9 Å². The Labute approximate surface area is 180 Å². The summed E-state index contributed by atoms with van der Waals surface area (Å²) < 4.78 is 1.80. The summed E-state index contributed by atoms with van der Waals surface area (Å²) in [6.45, 7) is 6.78. The van der Waals surface area contributed by atoms with Gasteiger partial charge in [0.2, 0.25) is 0 Å². The van der Waals surface area contributed by atoms with E-state index in [1.165, 1.54) is 0 Å². The molecular weight excluding hydrogens is 402 g/mol. The van der Waals surface area contributed by atoms with E-state index in [4.69, 9.17) is 11.6 Å². The summed E-state index contributed by atoms with van der Waals surface area (Å²) in [6.07, 6.45) is 6.76. The van der Waals surface area contributed by atoms with Crippen molar-refractivity contribution in [3.8, 4) is 5.69 Å². The fraction of sp³-hybridized carbons (Fsp3) is 0.333. The summed E-state index contributed by atoms with van der Waals surface area (Å²) in [7, 11) is 0. The summed E-state index contributed by atoms with van der Waals surface area (Å²) >= 11 is 6.37. The second kappa shape index (κ2) is 8.71. The number of rotatable bonds is 4. The number of amides is 2. The highest BCUT2D eigenvalue weighted by atomic mass is 35.5. The molecule has 0 unspecified atom stereocenters. The minimum Gasteiger partial charge on any atom is -0.352 e. The molecule has 4 rings (SSSR count). The van der Waals surface area contributed by atoms with Crippen molar-refractivity contribution in [3.63, 3.8) is 0 Å². The average molecular weight is 426 g/mol. The van der Waals surface area contributed by atoms with E-state index in [9.17, 15) is 4.79 Å². The molecule has 9 heteroatoms. The Hall–Kier alpha value is -3.13. The van der Waals surface area contributed by atoms with Gasteiger partial charge in [0.1, 0.15) is 5.82 Å². The van der Waals surface area contributed by atoms with E-state index >= 15 is 0 Å². The molecule has 0 atom stereocenters. The second-order valence-electron chi connectivity index (χ2n) is 7.43. The topological polar surface area (TPSA) is 79.2 Å². The third-order valence-corrected chi connectivity index (χ3v) is 5.44. The molecule has 1 aliphatic heterocycles. The highest BCUT2D eigenvalue weighted by Crippen LogP contribution is 2.30. The van der Waals surface area contributed by atoms with Crippen molar-refractivity contribution in [1.29, 1.82) is 0 Å². The van der Waals surface area contributed by atoms with Crippen molar-refractivity contribution in [3.05, 3.63) is 59.8 Å². The van der Waals surface area contributed by atoms with Crippen LogP contribution in [0.25, 0.3) is 5.69 Å². The monoisotopic (exact) mass is 425 g/mol. The molecule has 3 aromatic rings. The Morgan fingerprint density at radius 2 is 1.87 bits per heavy atom. The molecule has 156 valence electrons. The lowest BCUT2D eigenvalue weighted by molar-refractivity contribution is 0.208. The first kappa shape index (κ1) is 20.2. The Morgan fingerprint density at radius 1 is 1.10 bits per heavy atom. The van der Waals surface area contributed by atoms with Gasteiger partial charge in [0.25, 0.3) is 0 Å². The highest BCUT2D eigenvalue weighted by Gasteiger charge is 2.24. The Balaban J connectivity index is 1.47. The van der Waals surface area contributed by atoms with Gasteiger partial charge in [-0.25, -0.2) is 14.5 Å². The summed E-state index contributed by atoms with van der Waals surface area (Å²) in [5, 5.41) is 8.15. The molecule has 0 bridgehead atoms. The van der Waals surface area contributed by atoms with Crippen molar-refractivity contribution < 1.29 is 4.79 Å². The predicted molar refractivity (Wildman–Crippen MR) is 117 cm³/mol. The van der Waals surface area contributed by atoms with Crippen LogP contribution in [0.2, 0.25) is 5.02 Å². The van der Waals surface area contributed by atoms with Crippen LogP contribution in [0.5, 0.6) is 0 Å². The first-order valence-corrected chi connectivity index (χ1v) is 10.3. The normalized spacial score (nSPS) is 14.3. The molecule has 2 aromatic heterocycles. The van der Waals surface area contributed by atoms with Gasteiger partial charge in [-0.2, -0.15) is 5.10 Å². The van der Waals surface area contributed by atoms with E-state index in [1.807, 2.05) is 29.2 Å². The Bertz CT molecular complexity index is 1010. The van der Waals surface area contributed by atoms with Crippen LogP contribution >= 0.6 is 11.6 Å². The van der Waals surface area contributed by atoms with Gasteiger partial charge < -0.3 is 15.1 Å². The Morgan fingerprint density at radius 3 is 2.53 bits per heavy atom. The first-order chi connectivity index (χ1) is 14.5. The largest absolute Gasteiger partial charge is 0.352 e. The fourth-order valence-electron chi connectivity index (χ4n) is 3.61. The predicted octanol–water partition coefficient (Wildman–Crippen LogP) is 3.79. The number of para-hydroxylation sites is 1. The van der Waals surface area contributed by atoms with Crippen LogP contribution in [0.15, 0.2) is 49.1 Å². The molecular formula is C21H24ClN7O. The average Bonchev–Trinajstić information content (AvgIpc) is 3.18. The van der Waals surface area contributed by atoms with Gasteiger partial charge in [0.15, 0.2) is 0 Å². The van der Waals surface area contributed by atoms with Crippen LogP contribution in [0.4, 0.5) is 16.3 Å². The number of benzene rings is 1. The van der Waals surface area contributed by atoms with E-state index in [1.54, 1.807) is 29.5 Å². The number of nitrogens with one attached hydrogen (secondary N) is 1. The van der Waals surface area contributed by atoms with Crippen molar-refractivity contribution in [2.75, 3.05) is 36.4 Å². The van der Waals surface area contributed by atoms with E-state index < -0.39 is 0 Å². The standard InChI is InChI=1S/C21H24ClN7O/c1-15(2)20-17(13-25-29(20)18-6-4-3-5-16(18)22)26-21(30)28-11-9-27(10-12-28)19-14-23-7-8-24-19/h3-8,13-15H,9-12H2,1-2H3,(H,26,30). The van der Waals surface area contributed by atoms with Gasteiger partial charge in [-0.1, -0.05) is 37.6 Å². The van der Waals surface area contributed by atoms with Gasteiger partial charge in [0, 0.05) is 38.6 Å².